The number of hydrogen-bond acceptors (Lipinski definition) is 2. The molecule has 82 valence electrons. The van der Waals surface area contributed by atoms with E-state index in [1.54, 1.807) is 12.1 Å². The van der Waals surface area contributed by atoms with Gasteiger partial charge in [0.05, 0.1) is 5.56 Å². The average molecular weight is 339 g/mol. The Labute approximate surface area is 108 Å². The van der Waals surface area contributed by atoms with Gasteiger partial charge >= 0.3 is 0 Å². The highest BCUT2D eigenvalue weighted by atomic mass is 127. The van der Waals surface area contributed by atoms with Gasteiger partial charge in [0.25, 0.3) is 5.91 Å². The summed E-state index contributed by atoms with van der Waals surface area (Å²) >= 11 is 7.91. The zero-order valence-electron chi connectivity index (χ0n) is 8.26. The maximum Gasteiger partial charge on any atom is 0.252 e. The summed E-state index contributed by atoms with van der Waals surface area (Å²) in [5.41, 5.74) is 6.13. The van der Waals surface area contributed by atoms with Gasteiger partial charge in [0, 0.05) is 21.2 Å². The second-order valence-corrected chi connectivity index (χ2v) is 4.91. The molecule has 1 rings (SSSR count). The van der Waals surface area contributed by atoms with E-state index in [0.717, 1.165) is 3.57 Å². The molecule has 0 aliphatic rings. The number of hydrogen-bond donors (Lipinski definition) is 2. The number of nitrogens with one attached hydrogen (secondary N) is 1. The van der Waals surface area contributed by atoms with E-state index in [2.05, 4.69) is 27.9 Å². The van der Waals surface area contributed by atoms with Gasteiger partial charge in [-0.05, 0) is 47.7 Å². The monoisotopic (exact) mass is 338 g/mol. The maximum atomic E-state index is 11.7. The molecular formula is C10H12ClIN2O. The summed E-state index contributed by atoms with van der Waals surface area (Å²) in [5, 5.41) is 3.30. The molecule has 1 aromatic rings. The standard InChI is InChI=1S/C10H12ClIN2O/c1-6(13)5-14-10(15)8-4-7(11)2-3-9(8)12/h2-4,6H,5,13H2,1H3,(H,14,15). The number of carbonyl (C=O) groups is 1. The van der Waals surface area contributed by atoms with Crippen LogP contribution in [0.5, 0.6) is 0 Å². The van der Waals surface area contributed by atoms with Crippen LogP contribution in [-0.4, -0.2) is 18.5 Å². The number of carbonyl (C=O) groups excluding carboxylic acids is 1. The lowest BCUT2D eigenvalue weighted by Gasteiger charge is -2.09. The van der Waals surface area contributed by atoms with Crippen LogP contribution in [0, 0.1) is 3.57 Å². The summed E-state index contributed by atoms with van der Waals surface area (Å²) < 4.78 is 0.874. The first kappa shape index (κ1) is 12.7. The van der Waals surface area contributed by atoms with Crippen molar-refractivity contribution in [2.45, 2.75) is 13.0 Å². The van der Waals surface area contributed by atoms with Gasteiger partial charge < -0.3 is 11.1 Å². The topological polar surface area (TPSA) is 55.1 Å². The Morgan fingerprint density at radius 3 is 2.93 bits per heavy atom. The number of nitrogens with two attached hydrogens (primary N) is 1. The van der Waals surface area contributed by atoms with Crippen LogP contribution >= 0.6 is 34.2 Å². The van der Waals surface area contributed by atoms with Crippen molar-refractivity contribution < 1.29 is 4.79 Å². The van der Waals surface area contributed by atoms with Crippen LogP contribution in [0.2, 0.25) is 5.02 Å². The zero-order valence-corrected chi connectivity index (χ0v) is 11.2. The molecule has 0 bridgehead atoms. The molecule has 0 spiro atoms. The first-order valence-corrected chi connectivity index (χ1v) is 5.95. The van der Waals surface area contributed by atoms with Crippen LogP contribution in [0.4, 0.5) is 0 Å². The molecule has 3 nitrogen and oxygen atoms in total. The first-order valence-electron chi connectivity index (χ1n) is 4.49. The molecule has 0 saturated carbocycles. The molecule has 0 aliphatic carbocycles. The molecule has 1 amide bonds. The van der Waals surface area contributed by atoms with Crippen LogP contribution in [0.3, 0.4) is 0 Å². The first-order chi connectivity index (χ1) is 7.00. The summed E-state index contributed by atoms with van der Waals surface area (Å²) in [5.74, 6) is -0.140. The quantitative estimate of drug-likeness (QED) is 0.829. The van der Waals surface area contributed by atoms with E-state index in [4.69, 9.17) is 17.3 Å². The normalized spacial score (nSPS) is 12.3. The van der Waals surface area contributed by atoms with Crippen molar-refractivity contribution in [3.05, 3.63) is 32.4 Å². The van der Waals surface area contributed by atoms with Crippen LogP contribution < -0.4 is 11.1 Å². The van der Waals surface area contributed by atoms with Crippen LogP contribution in [0.1, 0.15) is 17.3 Å². The second-order valence-electron chi connectivity index (χ2n) is 3.31. The third-order valence-electron chi connectivity index (χ3n) is 1.76. The van der Waals surface area contributed by atoms with Gasteiger partial charge in [-0.25, -0.2) is 0 Å². The van der Waals surface area contributed by atoms with E-state index in [9.17, 15) is 4.79 Å². The highest BCUT2D eigenvalue weighted by Crippen LogP contribution is 2.17. The molecule has 1 aromatic carbocycles. The largest absolute Gasteiger partial charge is 0.350 e. The van der Waals surface area contributed by atoms with E-state index in [0.29, 0.717) is 17.1 Å². The average Bonchev–Trinajstić information content (AvgIpc) is 2.18. The van der Waals surface area contributed by atoms with Crippen molar-refractivity contribution >= 4 is 40.1 Å². The third-order valence-corrected chi connectivity index (χ3v) is 2.93. The Kier molecular flexibility index (Phi) is 4.82. The van der Waals surface area contributed by atoms with Crippen molar-refractivity contribution in [1.82, 2.24) is 5.32 Å². The molecule has 0 radical (unpaired) electrons. The lowest BCUT2D eigenvalue weighted by atomic mass is 10.2. The van der Waals surface area contributed by atoms with Crippen LogP contribution in [0.25, 0.3) is 0 Å². The molecule has 5 heteroatoms. The number of halogens is 2. The summed E-state index contributed by atoms with van der Waals surface area (Å²) in [4.78, 5) is 11.7. The van der Waals surface area contributed by atoms with E-state index in [-0.39, 0.29) is 11.9 Å². The Morgan fingerprint density at radius 1 is 1.67 bits per heavy atom. The summed E-state index contributed by atoms with van der Waals surface area (Å²) in [6.45, 7) is 2.30. The molecule has 3 N–H and O–H groups in total. The van der Waals surface area contributed by atoms with Crippen LogP contribution in [-0.2, 0) is 0 Å². The maximum absolute atomic E-state index is 11.7. The fraction of sp³-hybridized carbons (Fsp3) is 0.300. The molecule has 0 fully saturated rings. The second kappa shape index (κ2) is 5.67. The minimum Gasteiger partial charge on any atom is -0.350 e. The molecule has 1 atom stereocenters. The minimum absolute atomic E-state index is 0.0502. The number of benzene rings is 1. The van der Waals surface area contributed by atoms with Gasteiger partial charge in [-0.1, -0.05) is 11.6 Å². The van der Waals surface area contributed by atoms with Crippen molar-refractivity contribution in [2.24, 2.45) is 5.73 Å². The van der Waals surface area contributed by atoms with E-state index in [1.807, 2.05) is 13.0 Å². The van der Waals surface area contributed by atoms with E-state index >= 15 is 0 Å². The predicted molar refractivity (Wildman–Crippen MR) is 70.2 cm³/mol. The van der Waals surface area contributed by atoms with E-state index in [1.165, 1.54) is 0 Å². The minimum atomic E-state index is -0.140. The Hall–Kier alpha value is -0.330. The van der Waals surface area contributed by atoms with Crippen molar-refractivity contribution in [3.63, 3.8) is 0 Å². The zero-order chi connectivity index (χ0) is 11.4. The van der Waals surface area contributed by atoms with Crippen molar-refractivity contribution in [2.75, 3.05) is 6.54 Å². The molecular weight excluding hydrogens is 326 g/mol. The molecule has 0 aromatic heterocycles. The fourth-order valence-corrected chi connectivity index (χ4v) is 1.77. The summed E-state index contributed by atoms with van der Waals surface area (Å²) in [7, 11) is 0. The fourth-order valence-electron chi connectivity index (χ4n) is 1.02. The smallest absolute Gasteiger partial charge is 0.252 e. The lowest BCUT2D eigenvalue weighted by molar-refractivity contribution is 0.0951. The van der Waals surface area contributed by atoms with Gasteiger partial charge in [-0.15, -0.1) is 0 Å². The molecule has 0 heterocycles. The molecule has 0 aliphatic heterocycles. The lowest BCUT2D eigenvalue weighted by Crippen LogP contribution is -2.35. The Morgan fingerprint density at radius 2 is 2.33 bits per heavy atom. The van der Waals surface area contributed by atoms with Gasteiger partial charge in [-0.3, -0.25) is 4.79 Å². The molecule has 15 heavy (non-hydrogen) atoms. The van der Waals surface area contributed by atoms with Crippen LogP contribution in [0.15, 0.2) is 18.2 Å². The Balaban J connectivity index is 2.77. The molecule has 1 unspecified atom stereocenters. The van der Waals surface area contributed by atoms with Gasteiger partial charge in [0.15, 0.2) is 0 Å². The summed E-state index contributed by atoms with van der Waals surface area (Å²) in [6.07, 6.45) is 0. The third kappa shape index (κ3) is 3.96. The van der Waals surface area contributed by atoms with Gasteiger partial charge in [-0.2, -0.15) is 0 Å². The number of rotatable bonds is 3. The predicted octanol–water partition coefficient (Wildman–Crippen LogP) is 2.02. The van der Waals surface area contributed by atoms with Gasteiger partial charge in [0.1, 0.15) is 0 Å². The summed E-state index contributed by atoms with van der Waals surface area (Å²) in [6, 6.07) is 5.17. The molecule has 0 saturated heterocycles. The number of amides is 1. The highest BCUT2D eigenvalue weighted by molar-refractivity contribution is 14.1. The Bertz CT molecular complexity index is 368. The van der Waals surface area contributed by atoms with Crippen molar-refractivity contribution in [1.29, 1.82) is 0 Å². The SMILES string of the molecule is CC(N)CNC(=O)c1cc(Cl)ccc1I. The van der Waals surface area contributed by atoms with E-state index < -0.39 is 0 Å². The highest BCUT2D eigenvalue weighted by Gasteiger charge is 2.10. The van der Waals surface area contributed by atoms with Crippen molar-refractivity contribution in [3.8, 4) is 0 Å². The van der Waals surface area contributed by atoms with Gasteiger partial charge in [0.2, 0.25) is 0 Å².